The molecule has 21 heavy (non-hydrogen) atoms. The van der Waals surface area contributed by atoms with Crippen molar-refractivity contribution < 1.29 is 4.79 Å². The van der Waals surface area contributed by atoms with Crippen molar-refractivity contribution in [3.05, 3.63) is 64.1 Å². The number of rotatable bonds is 5. The molecule has 1 amide bonds. The van der Waals surface area contributed by atoms with Crippen LogP contribution in [0.2, 0.25) is 0 Å². The fourth-order valence-electron chi connectivity index (χ4n) is 2.12. The monoisotopic (exact) mass is 346 g/mol. The van der Waals surface area contributed by atoms with Crippen molar-refractivity contribution in [3.8, 4) is 0 Å². The van der Waals surface area contributed by atoms with Gasteiger partial charge in [-0.1, -0.05) is 52.3 Å². The second-order valence-corrected chi connectivity index (χ2v) is 5.98. The van der Waals surface area contributed by atoms with E-state index in [-0.39, 0.29) is 5.91 Å². The third kappa shape index (κ3) is 4.69. The number of carbonyl (C=O) groups is 1. The predicted octanol–water partition coefficient (Wildman–Crippen LogP) is 3.83. The van der Waals surface area contributed by atoms with Gasteiger partial charge in [-0.3, -0.25) is 9.69 Å². The molecule has 0 heterocycles. The van der Waals surface area contributed by atoms with Crippen molar-refractivity contribution in [2.45, 2.75) is 13.5 Å². The van der Waals surface area contributed by atoms with Gasteiger partial charge in [0.2, 0.25) is 5.91 Å². The molecule has 0 aliphatic rings. The van der Waals surface area contributed by atoms with Crippen molar-refractivity contribution in [1.82, 2.24) is 4.90 Å². The Morgan fingerprint density at radius 2 is 1.81 bits per heavy atom. The number of benzene rings is 2. The smallest absolute Gasteiger partial charge is 0.238 e. The molecule has 0 spiro atoms. The number of amides is 1. The van der Waals surface area contributed by atoms with Gasteiger partial charge >= 0.3 is 0 Å². The molecule has 0 aliphatic carbocycles. The zero-order valence-corrected chi connectivity index (χ0v) is 13.9. The van der Waals surface area contributed by atoms with E-state index in [4.69, 9.17) is 0 Å². The van der Waals surface area contributed by atoms with Crippen LogP contribution in [0.5, 0.6) is 0 Å². The number of hydrogen-bond acceptors (Lipinski definition) is 2. The average Bonchev–Trinajstić information content (AvgIpc) is 2.44. The molecular weight excluding hydrogens is 328 g/mol. The SMILES string of the molecule is Cc1ccccc1NC(=O)CN(C)Cc1ccccc1Br. The van der Waals surface area contributed by atoms with Gasteiger partial charge in [-0.2, -0.15) is 0 Å². The van der Waals surface area contributed by atoms with Crippen molar-refractivity contribution in [3.63, 3.8) is 0 Å². The van der Waals surface area contributed by atoms with Gasteiger partial charge in [0, 0.05) is 16.7 Å². The maximum absolute atomic E-state index is 12.1. The standard InChI is InChI=1S/C17H19BrN2O/c1-13-7-3-6-10-16(13)19-17(21)12-20(2)11-14-8-4-5-9-15(14)18/h3-10H,11-12H2,1-2H3,(H,19,21). The fraction of sp³-hybridized carbons (Fsp3) is 0.235. The van der Waals surface area contributed by atoms with E-state index >= 15 is 0 Å². The lowest BCUT2D eigenvalue weighted by Crippen LogP contribution is -2.30. The van der Waals surface area contributed by atoms with Gasteiger partial charge < -0.3 is 5.32 Å². The summed E-state index contributed by atoms with van der Waals surface area (Å²) in [5.74, 6) is -0.00106. The topological polar surface area (TPSA) is 32.3 Å². The molecule has 0 atom stereocenters. The Morgan fingerprint density at radius 1 is 1.14 bits per heavy atom. The first-order valence-corrected chi connectivity index (χ1v) is 7.63. The van der Waals surface area contributed by atoms with Gasteiger partial charge in [-0.05, 0) is 37.2 Å². The number of nitrogens with zero attached hydrogens (tertiary/aromatic N) is 1. The summed E-state index contributed by atoms with van der Waals surface area (Å²) in [6, 6.07) is 15.8. The lowest BCUT2D eigenvalue weighted by atomic mass is 10.2. The first-order chi connectivity index (χ1) is 10.1. The number of likely N-dealkylation sites (N-methyl/N-ethyl adjacent to an activating group) is 1. The van der Waals surface area contributed by atoms with E-state index in [1.165, 1.54) is 5.56 Å². The highest BCUT2D eigenvalue weighted by Gasteiger charge is 2.09. The number of halogens is 1. The Morgan fingerprint density at radius 3 is 2.52 bits per heavy atom. The lowest BCUT2D eigenvalue weighted by Gasteiger charge is -2.17. The highest BCUT2D eigenvalue weighted by molar-refractivity contribution is 9.10. The summed E-state index contributed by atoms with van der Waals surface area (Å²) in [5.41, 5.74) is 3.11. The van der Waals surface area contributed by atoms with Crippen LogP contribution in [0.15, 0.2) is 53.0 Å². The minimum absolute atomic E-state index is 0.00106. The normalized spacial score (nSPS) is 10.7. The molecule has 2 rings (SSSR count). The molecule has 3 nitrogen and oxygen atoms in total. The van der Waals surface area contributed by atoms with Crippen LogP contribution in [-0.4, -0.2) is 24.4 Å². The second-order valence-electron chi connectivity index (χ2n) is 5.13. The molecule has 0 bridgehead atoms. The number of hydrogen-bond donors (Lipinski definition) is 1. The van der Waals surface area contributed by atoms with E-state index < -0.39 is 0 Å². The molecule has 4 heteroatoms. The minimum atomic E-state index is -0.00106. The molecule has 0 saturated heterocycles. The van der Waals surface area contributed by atoms with E-state index in [0.29, 0.717) is 6.54 Å². The summed E-state index contributed by atoms with van der Waals surface area (Å²) in [4.78, 5) is 14.1. The predicted molar refractivity (Wildman–Crippen MR) is 90.3 cm³/mol. The molecule has 0 fully saturated rings. The van der Waals surface area contributed by atoms with Crippen molar-refractivity contribution in [2.75, 3.05) is 18.9 Å². The van der Waals surface area contributed by atoms with Gasteiger partial charge in [0.05, 0.1) is 6.54 Å². The fourth-order valence-corrected chi connectivity index (χ4v) is 2.53. The lowest BCUT2D eigenvalue weighted by molar-refractivity contribution is -0.117. The van der Waals surface area contributed by atoms with Crippen molar-refractivity contribution in [2.24, 2.45) is 0 Å². The number of carbonyl (C=O) groups excluding carboxylic acids is 1. The Balaban J connectivity index is 1.91. The summed E-state index contributed by atoms with van der Waals surface area (Å²) in [5, 5.41) is 2.95. The number of aryl methyl sites for hydroxylation is 1. The van der Waals surface area contributed by atoms with Gasteiger partial charge in [0.25, 0.3) is 0 Å². The minimum Gasteiger partial charge on any atom is -0.325 e. The molecule has 0 radical (unpaired) electrons. The highest BCUT2D eigenvalue weighted by Crippen LogP contribution is 2.17. The summed E-state index contributed by atoms with van der Waals surface area (Å²) in [6.45, 7) is 3.07. The molecule has 2 aromatic rings. The Hall–Kier alpha value is -1.65. The van der Waals surface area contributed by atoms with Crippen molar-refractivity contribution in [1.29, 1.82) is 0 Å². The molecular formula is C17H19BrN2O. The Kier molecular flexibility index (Phi) is 5.53. The maximum Gasteiger partial charge on any atom is 0.238 e. The first-order valence-electron chi connectivity index (χ1n) is 6.83. The molecule has 0 saturated carbocycles. The van der Waals surface area contributed by atoms with Crippen LogP contribution >= 0.6 is 15.9 Å². The first kappa shape index (κ1) is 15.7. The largest absolute Gasteiger partial charge is 0.325 e. The van der Waals surface area contributed by atoms with E-state index in [0.717, 1.165) is 22.3 Å². The van der Waals surface area contributed by atoms with E-state index in [1.54, 1.807) is 0 Å². The van der Waals surface area contributed by atoms with Crippen LogP contribution in [-0.2, 0) is 11.3 Å². The Bertz CT molecular complexity index is 628. The van der Waals surface area contributed by atoms with Crippen LogP contribution in [0.3, 0.4) is 0 Å². The second kappa shape index (κ2) is 7.38. The van der Waals surface area contributed by atoms with Gasteiger partial charge in [0.15, 0.2) is 0 Å². The molecule has 110 valence electrons. The van der Waals surface area contributed by atoms with Gasteiger partial charge in [-0.15, -0.1) is 0 Å². The van der Waals surface area contributed by atoms with E-state index in [1.807, 2.05) is 61.3 Å². The summed E-state index contributed by atoms with van der Waals surface area (Å²) >= 11 is 3.53. The van der Waals surface area contributed by atoms with E-state index in [2.05, 4.69) is 27.3 Å². The summed E-state index contributed by atoms with van der Waals surface area (Å²) in [6.07, 6.45) is 0. The van der Waals surface area contributed by atoms with E-state index in [9.17, 15) is 4.79 Å². The third-order valence-corrected chi connectivity index (χ3v) is 4.00. The van der Waals surface area contributed by atoms with Gasteiger partial charge in [0.1, 0.15) is 0 Å². The number of nitrogens with one attached hydrogen (secondary N) is 1. The number of para-hydroxylation sites is 1. The Labute approximate surface area is 134 Å². The van der Waals surface area contributed by atoms with Crippen LogP contribution in [0.1, 0.15) is 11.1 Å². The molecule has 2 aromatic carbocycles. The summed E-state index contributed by atoms with van der Waals surface area (Å²) < 4.78 is 1.07. The number of anilines is 1. The van der Waals surface area contributed by atoms with Crippen LogP contribution in [0.25, 0.3) is 0 Å². The molecule has 0 aliphatic heterocycles. The summed E-state index contributed by atoms with van der Waals surface area (Å²) in [7, 11) is 1.94. The van der Waals surface area contributed by atoms with Crippen molar-refractivity contribution >= 4 is 27.5 Å². The average molecular weight is 347 g/mol. The van der Waals surface area contributed by atoms with Crippen LogP contribution in [0, 0.1) is 6.92 Å². The maximum atomic E-state index is 12.1. The zero-order chi connectivity index (χ0) is 15.2. The molecule has 1 N–H and O–H groups in total. The van der Waals surface area contributed by atoms with Gasteiger partial charge in [-0.25, -0.2) is 0 Å². The van der Waals surface area contributed by atoms with Crippen LogP contribution < -0.4 is 5.32 Å². The third-order valence-electron chi connectivity index (χ3n) is 3.23. The van der Waals surface area contributed by atoms with Crippen LogP contribution in [0.4, 0.5) is 5.69 Å². The zero-order valence-electron chi connectivity index (χ0n) is 12.3. The quantitative estimate of drug-likeness (QED) is 0.892. The molecule has 0 unspecified atom stereocenters. The highest BCUT2D eigenvalue weighted by atomic mass is 79.9. The molecule has 0 aromatic heterocycles.